The SMILES string of the molecule is Cc1ccc(C)c(NC(=O)c2ccnc(C(=O)NC3CC3)c2)c1. The lowest BCUT2D eigenvalue weighted by Crippen LogP contribution is -2.26. The van der Waals surface area contributed by atoms with Crippen molar-refractivity contribution in [2.75, 3.05) is 5.32 Å². The van der Waals surface area contributed by atoms with E-state index >= 15 is 0 Å². The molecule has 1 heterocycles. The number of pyridine rings is 1. The summed E-state index contributed by atoms with van der Waals surface area (Å²) >= 11 is 0. The highest BCUT2D eigenvalue weighted by Crippen LogP contribution is 2.20. The van der Waals surface area contributed by atoms with Gasteiger partial charge in [-0.25, -0.2) is 0 Å². The van der Waals surface area contributed by atoms with Crippen LogP contribution in [0.5, 0.6) is 0 Å². The summed E-state index contributed by atoms with van der Waals surface area (Å²) in [5, 5.41) is 5.76. The average Bonchev–Trinajstić information content (AvgIpc) is 3.35. The van der Waals surface area contributed by atoms with E-state index in [2.05, 4.69) is 15.6 Å². The molecule has 118 valence electrons. The number of rotatable bonds is 4. The summed E-state index contributed by atoms with van der Waals surface area (Å²) in [7, 11) is 0. The summed E-state index contributed by atoms with van der Waals surface area (Å²) in [6, 6.07) is 9.28. The molecule has 1 aromatic heterocycles. The molecular formula is C18H19N3O2. The molecular weight excluding hydrogens is 290 g/mol. The maximum absolute atomic E-state index is 12.4. The van der Waals surface area contributed by atoms with Gasteiger partial charge in [0.2, 0.25) is 0 Å². The topological polar surface area (TPSA) is 71.1 Å². The van der Waals surface area contributed by atoms with Crippen molar-refractivity contribution >= 4 is 17.5 Å². The summed E-state index contributed by atoms with van der Waals surface area (Å²) in [5.74, 6) is -0.476. The molecule has 0 unspecified atom stereocenters. The predicted molar refractivity (Wildman–Crippen MR) is 88.6 cm³/mol. The van der Waals surface area contributed by atoms with Gasteiger partial charge in [0.15, 0.2) is 0 Å². The highest BCUT2D eigenvalue weighted by atomic mass is 16.2. The van der Waals surface area contributed by atoms with Crippen molar-refractivity contribution < 1.29 is 9.59 Å². The standard InChI is InChI=1S/C18H19N3O2/c1-11-3-4-12(2)15(9-11)21-17(22)13-7-8-19-16(10-13)18(23)20-14-5-6-14/h3-4,7-10,14H,5-6H2,1-2H3,(H,20,23)(H,21,22). The Bertz CT molecular complexity index is 767. The maximum Gasteiger partial charge on any atom is 0.270 e. The van der Waals surface area contributed by atoms with Gasteiger partial charge in [0.05, 0.1) is 0 Å². The van der Waals surface area contributed by atoms with Crippen LogP contribution in [0.15, 0.2) is 36.5 Å². The molecule has 5 heteroatoms. The van der Waals surface area contributed by atoms with Gasteiger partial charge in [-0.2, -0.15) is 0 Å². The third-order valence-electron chi connectivity index (χ3n) is 3.81. The Labute approximate surface area is 135 Å². The zero-order valence-corrected chi connectivity index (χ0v) is 13.2. The monoisotopic (exact) mass is 309 g/mol. The van der Waals surface area contributed by atoms with Gasteiger partial charge >= 0.3 is 0 Å². The van der Waals surface area contributed by atoms with Crippen molar-refractivity contribution in [2.24, 2.45) is 0 Å². The lowest BCUT2D eigenvalue weighted by molar-refractivity contribution is 0.0946. The number of nitrogens with zero attached hydrogens (tertiary/aromatic N) is 1. The fourth-order valence-corrected chi connectivity index (χ4v) is 2.25. The molecule has 2 aromatic rings. The summed E-state index contributed by atoms with van der Waals surface area (Å²) in [6.45, 7) is 3.91. The van der Waals surface area contributed by atoms with E-state index in [1.807, 2.05) is 32.0 Å². The van der Waals surface area contributed by atoms with Crippen LogP contribution in [0.2, 0.25) is 0 Å². The van der Waals surface area contributed by atoms with E-state index in [9.17, 15) is 9.59 Å². The van der Waals surface area contributed by atoms with Crippen LogP contribution in [-0.2, 0) is 0 Å². The van der Waals surface area contributed by atoms with Crippen LogP contribution in [0, 0.1) is 13.8 Å². The smallest absolute Gasteiger partial charge is 0.270 e. The van der Waals surface area contributed by atoms with Gasteiger partial charge in [-0.3, -0.25) is 14.6 Å². The van der Waals surface area contributed by atoms with Crippen LogP contribution in [0.25, 0.3) is 0 Å². The molecule has 1 saturated carbocycles. The quantitative estimate of drug-likeness (QED) is 0.912. The fourth-order valence-electron chi connectivity index (χ4n) is 2.25. The van der Waals surface area contributed by atoms with Gasteiger partial charge in [-0.1, -0.05) is 12.1 Å². The number of carbonyl (C=O) groups excluding carboxylic acids is 2. The van der Waals surface area contributed by atoms with Gasteiger partial charge in [0, 0.05) is 23.5 Å². The second-order valence-corrected chi connectivity index (χ2v) is 5.95. The minimum atomic E-state index is -0.249. The Hall–Kier alpha value is -2.69. The first-order valence-electron chi connectivity index (χ1n) is 7.68. The van der Waals surface area contributed by atoms with Crippen molar-refractivity contribution in [1.82, 2.24) is 10.3 Å². The van der Waals surface area contributed by atoms with Crippen LogP contribution < -0.4 is 10.6 Å². The number of aromatic nitrogens is 1. The first-order chi connectivity index (χ1) is 11.0. The zero-order valence-electron chi connectivity index (χ0n) is 13.2. The molecule has 3 rings (SSSR count). The van der Waals surface area contributed by atoms with E-state index < -0.39 is 0 Å². The molecule has 0 spiro atoms. The molecule has 0 aliphatic heterocycles. The number of anilines is 1. The molecule has 0 saturated heterocycles. The normalized spacial score (nSPS) is 13.5. The average molecular weight is 309 g/mol. The number of nitrogens with one attached hydrogen (secondary N) is 2. The maximum atomic E-state index is 12.4. The number of hydrogen-bond donors (Lipinski definition) is 2. The molecule has 2 amide bonds. The van der Waals surface area contributed by atoms with E-state index in [0.717, 1.165) is 29.7 Å². The number of hydrogen-bond acceptors (Lipinski definition) is 3. The molecule has 1 aliphatic rings. The third kappa shape index (κ3) is 3.74. The largest absolute Gasteiger partial charge is 0.348 e. The van der Waals surface area contributed by atoms with E-state index in [4.69, 9.17) is 0 Å². The molecule has 0 atom stereocenters. The van der Waals surface area contributed by atoms with Crippen molar-refractivity contribution in [2.45, 2.75) is 32.7 Å². The minimum absolute atomic E-state index is 0.228. The van der Waals surface area contributed by atoms with Gasteiger partial charge in [-0.15, -0.1) is 0 Å². The highest BCUT2D eigenvalue weighted by Gasteiger charge is 2.24. The molecule has 5 nitrogen and oxygen atoms in total. The first kappa shape index (κ1) is 15.2. The number of aryl methyl sites for hydroxylation is 2. The lowest BCUT2D eigenvalue weighted by atomic mass is 10.1. The number of amides is 2. The summed E-state index contributed by atoms with van der Waals surface area (Å²) < 4.78 is 0. The molecule has 0 bridgehead atoms. The number of benzene rings is 1. The van der Waals surface area contributed by atoms with E-state index in [1.54, 1.807) is 6.07 Å². The van der Waals surface area contributed by atoms with Crippen LogP contribution in [-0.4, -0.2) is 22.8 Å². The van der Waals surface area contributed by atoms with E-state index in [-0.39, 0.29) is 23.6 Å². The number of carbonyl (C=O) groups is 2. The van der Waals surface area contributed by atoms with Crippen molar-refractivity contribution in [3.63, 3.8) is 0 Å². The Morgan fingerprint density at radius 3 is 2.61 bits per heavy atom. The van der Waals surface area contributed by atoms with Gasteiger partial charge in [-0.05, 0) is 56.0 Å². The molecule has 0 radical (unpaired) electrons. The second-order valence-electron chi connectivity index (χ2n) is 5.95. The van der Waals surface area contributed by atoms with Gasteiger partial charge in [0.1, 0.15) is 5.69 Å². The molecule has 23 heavy (non-hydrogen) atoms. The second kappa shape index (κ2) is 6.20. The van der Waals surface area contributed by atoms with E-state index in [1.165, 1.54) is 12.3 Å². The highest BCUT2D eigenvalue weighted by molar-refractivity contribution is 6.06. The summed E-state index contributed by atoms with van der Waals surface area (Å²) in [6.07, 6.45) is 3.51. The molecule has 1 aliphatic carbocycles. The molecule has 1 aromatic carbocycles. The van der Waals surface area contributed by atoms with E-state index in [0.29, 0.717) is 5.56 Å². The van der Waals surface area contributed by atoms with Crippen molar-refractivity contribution in [3.05, 3.63) is 58.9 Å². The zero-order chi connectivity index (χ0) is 16.4. The Kier molecular flexibility index (Phi) is 4.10. The predicted octanol–water partition coefficient (Wildman–Crippen LogP) is 2.84. The van der Waals surface area contributed by atoms with Crippen LogP contribution in [0.4, 0.5) is 5.69 Å². The Balaban J connectivity index is 1.76. The fraction of sp³-hybridized carbons (Fsp3) is 0.278. The van der Waals surface area contributed by atoms with Gasteiger partial charge < -0.3 is 10.6 Å². The molecule has 1 fully saturated rings. The van der Waals surface area contributed by atoms with Crippen LogP contribution in [0.3, 0.4) is 0 Å². The van der Waals surface area contributed by atoms with Crippen molar-refractivity contribution in [1.29, 1.82) is 0 Å². The van der Waals surface area contributed by atoms with Crippen molar-refractivity contribution in [3.8, 4) is 0 Å². The molecule has 2 N–H and O–H groups in total. The Morgan fingerprint density at radius 2 is 1.87 bits per heavy atom. The Morgan fingerprint density at radius 1 is 1.09 bits per heavy atom. The summed E-state index contributed by atoms with van der Waals surface area (Å²) in [5.41, 5.74) is 3.53. The van der Waals surface area contributed by atoms with Crippen LogP contribution in [0.1, 0.15) is 44.8 Å². The minimum Gasteiger partial charge on any atom is -0.348 e. The third-order valence-corrected chi connectivity index (χ3v) is 3.81. The van der Waals surface area contributed by atoms with Crippen LogP contribution >= 0.6 is 0 Å². The van der Waals surface area contributed by atoms with Gasteiger partial charge in [0.25, 0.3) is 11.8 Å². The summed E-state index contributed by atoms with van der Waals surface area (Å²) in [4.78, 5) is 28.5. The lowest BCUT2D eigenvalue weighted by Gasteiger charge is -2.10. The first-order valence-corrected chi connectivity index (χ1v) is 7.68.